The lowest BCUT2D eigenvalue weighted by Crippen LogP contribution is -2.27. The Hall–Kier alpha value is -2.11. The van der Waals surface area contributed by atoms with Crippen LogP contribution < -0.4 is 10.6 Å². The molecule has 15 heavy (non-hydrogen) atoms. The van der Waals surface area contributed by atoms with E-state index in [-0.39, 0.29) is 23.8 Å². The van der Waals surface area contributed by atoms with Crippen molar-refractivity contribution in [1.29, 1.82) is 0 Å². The van der Waals surface area contributed by atoms with Crippen molar-refractivity contribution < 1.29 is 14.7 Å². The minimum Gasteiger partial charge on any atom is -0.478 e. The van der Waals surface area contributed by atoms with Crippen molar-refractivity contribution in [2.24, 2.45) is 0 Å². The molecule has 1 heterocycles. The van der Waals surface area contributed by atoms with Crippen LogP contribution in [-0.2, 0) is 4.79 Å². The summed E-state index contributed by atoms with van der Waals surface area (Å²) in [5, 5.41) is 13.9. The summed E-state index contributed by atoms with van der Waals surface area (Å²) in [6, 6.07) is 2.94. The summed E-state index contributed by atoms with van der Waals surface area (Å²) in [7, 11) is 1.50. The third kappa shape index (κ3) is 2.94. The van der Waals surface area contributed by atoms with E-state index in [0.717, 1.165) is 0 Å². The Morgan fingerprint density at radius 3 is 2.87 bits per heavy atom. The number of nitrogens with one attached hydrogen (secondary N) is 2. The molecule has 0 unspecified atom stereocenters. The average Bonchev–Trinajstić information content (AvgIpc) is 2.26. The number of aromatic carboxylic acids is 1. The number of nitrogens with zero attached hydrogens (tertiary/aromatic N) is 1. The molecule has 0 spiro atoms. The van der Waals surface area contributed by atoms with Crippen molar-refractivity contribution in [3.8, 4) is 0 Å². The summed E-state index contributed by atoms with van der Waals surface area (Å²) in [6.07, 6.45) is 1.46. The van der Waals surface area contributed by atoms with E-state index in [9.17, 15) is 9.59 Å². The minimum atomic E-state index is -1.08. The Morgan fingerprint density at radius 1 is 1.53 bits per heavy atom. The van der Waals surface area contributed by atoms with Crippen LogP contribution in [0.2, 0.25) is 0 Å². The Bertz CT molecular complexity index is 379. The molecule has 1 amide bonds. The van der Waals surface area contributed by atoms with Crippen LogP contribution in [0.5, 0.6) is 0 Å². The molecule has 0 aliphatic heterocycles. The molecule has 0 bridgehead atoms. The van der Waals surface area contributed by atoms with Gasteiger partial charge in [-0.3, -0.25) is 4.79 Å². The Labute approximate surface area is 86.3 Å². The smallest absolute Gasteiger partial charge is 0.339 e. The topological polar surface area (TPSA) is 91.3 Å². The number of aromatic nitrogens is 1. The minimum absolute atomic E-state index is 0.00616. The predicted molar refractivity (Wildman–Crippen MR) is 53.8 cm³/mol. The highest BCUT2D eigenvalue weighted by Gasteiger charge is 2.10. The van der Waals surface area contributed by atoms with Crippen LogP contribution in [0.4, 0.5) is 5.82 Å². The van der Waals surface area contributed by atoms with E-state index in [4.69, 9.17) is 5.11 Å². The van der Waals surface area contributed by atoms with Crippen molar-refractivity contribution in [1.82, 2.24) is 10.3 Å². The molecule has 6 heteroatoms. The molecule has 0 fully saturated rings. The van der Waals surface area contributed by atoms with E-state index in [0.29, 0.717) is 0 Å². The van der Waals surface area contributed by atoms with Gasteiger partial charge in [0.15, 0.2) is 0 Å². The number of carbonyl (C=O) groups is 2. The van der Waals surface area contributed by atoms with E-state index in [2.05, 4.69) is 15.6 Å². The van der Waals surface area contributed by atoms with E-state index < -0.39 is 5.97 Å². The Balaban J connectivity index is 2.76. The lowest BCUT2D eigenvalue weighted by atomic mass is 10.2. The molecule has 0 aliphatic carbocycles. The first-order valence-corrected chi connectivity index (χ1v) is 4.28. The van der Waals surface area contributed by atoms with Gasteiger partial charge in [0.05, 0.1) is 6.54 Å². The third-order valence-electron chi connectivity index (χ3n) is 1.73. The molecular weight excluding hydrogens is 198 g/mol. The summed E-state index contributed by atoms with van der Waals surface area (Å²) < 4.78 is 0. The summed E-state index contributed by atoms with van der Waals surface area (Å²) in [5.74, 6) is -1.13. The Morgan fingerprint density at radius 2 is 2.27 bits per heavy atom. The van der Waals surface area contributed by atoms with Crippen LogP contribution in [0.15, 0.2) is 18.3 Å². The van der Waals surface area contributed by atoms with Crippen molar-refractivity contribution in [3.05, 3.63) is 23.9 Å². The zero-order valence-electron chi connectivity index (χ0n) is 8.15. The number of hydrogen-bond donors (Lipinski definition) is 3. The second kappa shape index (κ2) is 4.94. The highest BCUT2D eigenvalue weighted by molar-refractivity contribution is 5.93. The fourth-order valence-electron chi connectivity index (χ4n) is 0.971. The van der Waals surface area contributed by atoms with Crippen LogP contribution >= 0.6 is 0 Å². The van der Waals surface area contributed by atoms with Crippen molar-refractivity contribution in [2.75, 3.05) is 18.9 Å². The molecule has 3 N–H and O–H groups in total. The second-order valence-corrected chi connectivity index (χ2v) is 2.73. The number of amides is 1. The highest BCUT2D eigenvalue weighted by atomic mass is 16.4. The van der Waals surface area contributed by atoms with Gasteiger partial charge in [-0.2, -0.15) is 0 Å². The normalized spacial score (nSPS) is 9.40. The molecule has 1 rings (SSSR count). The van der Waals surface area contributed by atoms with Gasteiger partial charge in [0.1, 0.15) is 11.4 Å². The molecule has 0 aromatic carbocycles. The number of likely N-dealkylation sites (N-methyl/N-ethyl adjacent to an activating group) is 1. The summed E-state index contributed by atoms with van der Waals surface area (Å²) in [6.45, 7) is -0.00616. The Kier molecular flexibility index (Phi) is 3.61. The zero-order valence-corrected chi connectivity index (χ0v) is 8.15. The van der Waals surface area contributed by atoms with Crippen LogP contribution in [0.3, 0.4) is 0 Å². The van der Waals surface area contributed by atoms with Gasteiger partial charge in [-0.05, 0) is 12.1 Å². The van der Waals surface area contributed by atoms with E-state index in [1.54, 1.807) is 0 Å². The fourth-order valence-corrected chi connectivity index (χ4v) is 0.971. The lowest BCUT2D eigenvalue weighted by Gasteiger charge is -2.06. The molecule has 0 radical (unpaired) electrons. The number of carboxylic acid groups (broad SMARTS) is 1. The first kappa shape index (κ1) is 11.0. The largest absolute Gasteiger partial charge is 0.478 e. The zero-order chi connectivity index (χ0) is 11.3. The van der Waals surface area contributed by atoms with E-state index in [1.807, 2.05) is 0 Å². The lowest BCUT2D eigenvalue weighted by molar-refractivity contribution is -0.118. The third-order valence-corrected chi connectivity index (χ3v) is 1.73. The van der Waals surface area contributed by atoms with Gasteiger partial charge in [-0.1, -0.05) is 0 Å². The van der Waals surface area contributed by atoms with Gasteiger partial charge in [0.25, 0.3) is 0 Å². The number of carboxylic acids is 1. The quantitative estimate of drug-likeness (QED) is 0.646. The summed E-state index contributed by atoms with van der Waals surface area (Å²) >= 11 is 0. The van der Waals surface area contributed by atoms with Crippen LogP contribution in [0, 0.1) is 0 Å². The average molecular weight is 209 g/mol. The van der Waals surface area contributed by atoms with Gasteiger partial charge in [0, 0.05) is 13.2 Å². The van der Waals surface area contributed by atoms with Crippen molar-refractivity contribution in [2.45, 2.75) is 0 Å². The molecular formula is C9H11N3O3. The molecule has 0 atom stereocenters. The van der Waals surface area contributed by atoms with E-state index >= 15 is 0 Å². The molecule has 0 aliphatic rings. The van der Waals surface area contributed by atoms with E-state index in [1.165, 1.54) is 25.4 Å². The molecule has 0 saturated carbocycles. The highest BCUT2D eigenvalue weighted by Crippen LogP contribution is 2.10. The summed E-state index contributed by atoms with van der Waals surface area (Å²) in [4.78, 5) is 25.5. The maximum absolute atomic E-state index is 10.9. The van der Waals surface area contributed by atoms with Crippen molar-refractivity contribution >= 4 is 17.7 Å². The van der Waals surface area contributed by atoms with Crippen LogP contribution in [0.25, 0.3) is 0 Å². The van der Waals surface area contributed by atoms with Crippen molar-refractivity contribution in [3.63, 3.8) is 0 Å². The van der Waals surface area contributed by atoms with Gasteiger partial charge >= 0.3 is 5.97 Å². The van der Waals surface area contributed by atoms with Gasteiger partial charge in [-0.15, -0.1) is 0 Å². The maximum Gasteiger partial charge on any atom is 0.339 e. The number of pyridine rings is 1. The van der Waals surface area contributed by atoms with Gasteiger partial charge in [-0.25, -0.2) is 9.78 Å². The van der Waals surface area contributed by atoms with Gasteiger partial charge in [0.2, 0.25) is 5.91 Å². The monoisotopic (exact) mass is 209 g/mol. The standard InChI is InChI=1S/C9H11N3O3/c1-10-7(13)5-12-8-6(9(14)15)3-2-4-11-8/h2-4H,5H2,1H3,(H,10,13)(H,11,12)(H,14,15). The van der Waals surface area contributed by atoms with Crippen LogP contribution in [0.1, 0.15) is 10.4 Å². The van der Waals surface area contributed by atoms with Crippen LogP contribution in [-0.4, -0.2) is 35.6 Å². The number of carbonyl (C=O) groups excluding carboxylic acids is 1. The number of hydrogen-bond acceptors (Lipinski definition) is 4. The molecule has 80 valence electrons. The molecule has 6 nitrogen and oxygen atoms in total. The molecule has 0 saturated heterocycles. The first-order chi connectivity index (χ1) is 7.15. The first-order valence-electron chi connectivity index (χ1n) is 4.28. The number of anilines is 1. The molecule has 1 aromatic heterocycles. The molecule has 1 aromatic rings. The fraction of sp³-hybridized carbons (Fsp3) is 0.222. The maximum atomic E-state index is 10.9. The predicted octanol–water partition coefficient (Wildman–Crippen LogP) is -0.0623. The summed E-state index contributed by atoms with van der Waals surface area (Å²) in [5.41, 5.74) is 0.0430. The van der Waals surface area contributed by atoms with Gasteiger partial charge < -0.3 is 15.7 Å². The number of rotatable bonds is 4. The SMILES string of the molecule is CNC(=O)CNc1ncccc1C(=O)O. The second-order valence-electron chi connectivity index (χ2n) is 2.73.